The molecule has 0 radical (unpaired) electrons. The van der Waals surface area contributed by atoms with Crippen LogP contribution in [0.1, 0.15) is 53.8 Å². The maximum atomic E-state index is 11.4. The van der Waals surface area contributed by atoms with E-state index in [1.165, 1.54) is 0 Å². The molecule has 0 unspecified atom stereocenters. The van der Waals surface area contributed by atoms with Crippen molar-refractivity contribution in [3.8, 4) is 0 Å². The zero-order chi connectivity index (χ0) is 19.2. The predicted octanol–water partition coefficient (Wildman–Crippen LogP) is 2.37. The molecule has 0 saturated heterocycles. The molecule has 1 aromatic carbocycles. The van der Waals surface area contributed by atoms with Crippen LogP contribution in [0, 0.1) is 0 Å². The zero-order valence-electron chi connectivity index (χ0n) is 14.2. The fraction of sp³-hybridized carbons (Fsp3) is 0.412. The molecule has 0 spiro atoms. The molecule has 1 aromatic rings. The van der Waals surface area contributed by atoms with E-state index < -0.39 is 11.9 Å². The summed E-state index contributed by atoms with van der Waals surface area (Å²) in [5.41, 5.74) is 0.905. The molecule has 2 bridgehead atoms. The van der Waals surface area contributed by atoms with Crippen LogP contribution < -0.4 is 0 Å². The molecule has 2 N–H and O–H groups in total. The molecule has 0 aromatic heterocycles. The third-order valence-corrected chi connectivity index (χ3v) is 2.72. The van der Waals surface area contributed by atoms with Crippen molar-refractivity contribution < 1.29 is 38.9 Å². The van der Waals surface area contributed by atoms with Crippen LogP contribution in [0.5, 0.6) is 0 Å². The highest BCUT2D eigenvalue weighted by Gasteiger charge is 2.12. The number of esters is 2. The topological polar surface area (TPSA) is 127 Å². The van der Waals surface area contributed by atoms with Gasteiger partial charge in [0, 0.05) is 19.3 Å². The van der Waals surface area contributed by atoms with E-state index in [0.29, 0.717) is 17.5 Å². The highest BCUT2D eigenvalue weighted by atomic mass is 16.5. The quantitative estimate of drug-likeness (QED) is 0.775. The van der Waals surface area contributed by atoms with Crippen LogP contribution in [0.3, 0.4) is 0 Å². The number of carbonyl (C=O) groups excluding carboxylic acids is 2. The van der Waals surface area contributed by atoms with Crippen molar-refractivity contribution in [2.24, 2.45) is 0 Å². The second kappa shape index (κ2) is 12.5. The largest absolute Gasteiger partial charge is 0.481 e. The molecule has 2 aliphatic rings. The zero-order valence-corrected chi connectivity index (χ0v) is 14.2. The van der Waals surface area contributed by atoms with E-state index >= 15 is 0 Å². The minimum atomic E-state index is -0.745. The summed E-state index contributed by atoms with van der Waals surface area (Å²) in [6, 6.07) is 6.24. The van der Waals surface area contributed by atoms with Gasteiger partial charge < -0.3 is 19.7 Å². The van der Waals surface area contributed by atoms with Crippen molar-refractivity contribution >= 4 is 23.9 Å². The number of rotatable bonds is 2. The first-order valence-electron chi connectivity index (χ1n) is 7.69. The normalized spacial score (nSPS) is 12.9. The lowest BCUT2D eigenvalue weighted by Gasteiger charge is -2.02. The number of carbonyl (C=O) groups is 4. The maximum Gasteiger partial charge on any atom is 0.338 e. The SMILES string of the molecule is CCC(=O)O.CCC(=O)O.O=C1OCCCOC(=O)c2ccc1cc2. The third kappa shape index (κ3) is 10.5. The van der Waals surface area contributed by atoms with E-state index in [0.717, 1.165) is 0 Å². The lowest BCUT2D eigenvalue weighted by molar-refractivity contribution is -0.137. The summed E-state index contributed by atoms with van der Waals surface area (Å²) in [5.74, 6) is -2.22. The van der Waals surface area contributed by atoms with Crippen molar-refractivity contribution in [3.05, 3.63) is 35.4 Å². The number of hydrogen-bond donors (Lipinski definition) is 2. The Bertz CT molecular complexity index is 526. The lowest BCUT2D eigenvalue weighted by Crippen LogP contribution is -2.08. The second-order valence-electron chi connectivity index (χ2n) is 4.70. The average Bonchev–Trinajstić information content (AvgIpc) is 2.66. The minimum absolute atomic E-state index is 0.222. The average molecular weight is 354 g/mol. The van der Waals surface area contributed by atoms with Gasteiger partial charge in [0.05, 0.1) is 24.3 Å². The molecule has 8 heteroatoms. The van der Waals surface area contributed by atoms with Gasteiger partial charge >= 0.3 is 23.9 Å². The molecule has 138 valence electrons. The Kier molecular flexibility index (Phi) is 11.1. The van der Waals surface area contributed by atoms with Crippen molar-refractivity contribution in [2.75, 3.05) is 13.2 Å². The van der Waals surface area contributed by atoms with Crippen LogP contribution in [-0.4, -0.2) is 47.3 Å². The van der Waals surface area contributed by atoms with E-state index in [4.69, 9.17) is 19.7 Å². The maximum absolute atomic E-state index is 11.4. The summed E-state index contributed by atoms with van der Waals surface area (Å²) >= 11 is 0. The molecule has 8 nitrogen and oxygen atoms in total. The number of carboxylic acid groups (broad SMARTS) is 2. The molecular formula is C17H22O8. The van der Waals surface area contributed by atoms with Crippen LogP contribution in [-0.2, 0) is 19.1 Å². The van der Waals surface area contributed by atoms with Gasteiger partial charge in [0.2, 0.25) is 0 Å². The van der Waals surface area contributed by atoms with Gasteiger partial charge in [-0.1, -0.05) is 13.8 Å². The van der Waals surface area contributed by atoms with Crippen LogP contribution in [0.15, 0.2) is 24.3 Å². The van der Waals surface area contributed by atoms with Crippen molar-refractivity contribution in [1.82, 2.24) is 0 Å². The highest BCUT2D eigenvalue weighted by molar-refractivity contribution is 5.93. The molecule has 2 heterocycles. The Hall–Kier alpha value is -2.90. The third-order valence-electron chi connectivity index (χ3n) is 2.72. The number of benzene rings is 1. The Morgan fingerprint density at radius 3 is 1.36 bits per heavy atom. The fourth-order valence-electron chi connectivity index (χ4n) is 1.30. The van der Waals surface area contributed by atoms with Crippen molar-refractivity contribution in [1.29, 1.82) is 0 Å². The van der Waals surface area contributed by atoms with Gasteiger partial charge in [0.15, 0.2) is 0 Å². The van der Waals surface area contributed by atoms with Gasteiger partial charge in [0.25, 0.3) is 0 Å². The standard InChI is InChI=1S/C11H10O4.2C3H6O2/c12-10-8-2-3-9(5-4-8)11(13)15-7-1-6-14-10;2*1-2-3(4)5/h2-5H,1,6-7H2;2*2H2,1H3,(H,4,5). The van der Waals surface area contributed by atoms with E-state index in [9.17, 15) is 19.2 Å². The second-order valence-corrected chi connectivity index (χ2v) is 4.70. The molecular weight excluding hydrogens is 332 g/mol. The first-order valence-corrected chi connectivity index (χ1v) is 7.69. The van der Waals surface area contributed by atoms with Crippen LogP contribution in [0.2, 0.25) is 0 Å². The monoisotopic (exact) mass is 354 g/mol. The first-order chi connectivity index (χ1) is 11.8. The van der Waals surface area contributed by atoms with Gasteiger partial charge in [-0.15, -0.1) is 0 Å². The number of fused-ring (bicyclic) bond motifs is 8. The van der Waals surface area contributed by atoms with Gasteiger partial charge in [-0.3, -0.25) is 9.59 Å². The van der Waals surface area contributed by atoms with Crippen LogP contribution in [0.4, 0.5) is 0 Å². The molecule has 0 fully saturated rings. The van der Waals surface area contributed by atoms with E-state index in [2.05, 4.69) is 0 Å². The number of aliphatic carboxylic acids is 2. The minimum Gasteiger partial charge on any atom is -0.481 e. The summed E-state index contributed by atoms with van der Waals surface area (Å²) in [5, 5.41) is 15.4. The number of hydrogen-bond acceptors (Lipinski definition) is 6. The van der Waals surface area contributed by atoms with E-state index in [1.54, 1.807) is 38.1 Å². The Balaban J connectivity index is 0.000000480. The van der Waals surface area contributed by atoms with Crippen molar-refractivity contribution in [2.45, 2.75) is 33.1 Å². The molecule has 0 amide bonds. The van der Waals surface area contributed by atoms with Crippen molar-refractivity contribution in [3.63, 3.8) is 0 Å². The number of carboxylic acids is 2. The number of ether oxygens (including phenoxy) is 2. The molecule has 0 atom stereocenters. The lowest BCUT2D eigenvalue weighted by atomic mass is 10.1. The smallest absolute Gasteiger partial charge is 0.338 e. The molecule has 25 heavy (non-hydrogen) atoms. The first kappa shape index (κ1) is 22.1. The summed E-state index contributed by atoms with van der Waals surface area (Å²) in [7, 11) is 0. The van der Waals surface area contributed by atoms with Crippen LogP contribution in [0.25, 0.3) is 0 Å². The molecule has 3 rings (SSSR count). The predicted molar refractivity (Wildman–Crippen MR) is 87.5 cm³/mol. The fourth-order valence-corrected chi connectivity index (χ4v) is 1.30. The summed E-state index contributed by atoms with van der Waals surface area (Å²) in [6.07, 6.45) is 0.970. The van der Waals surface area contributed by atoms with Gasteiger partial charge in [-0.2, -0.15) is 0 Å². The summed E-state index contributed by atoms with van der Waals surface area (Å²) < 4.78 is 9.92. The molecule has 2 aliphatic heterocycles. The Labute approximate surface area is 145 Å². The van der Waals surface area contributed by atoms with E-state index in [-0.39, 0.29) is 38.0 Å². The summed E-state index contributed by atoms with van der Waals surface area (Å²) in [6.45, 7) is 3.74. The van der Waals surface area contributed by atoms with E-state index in [1.807, 2.05) is 0 Å². The summed E-state index contributed by atoms with van der Waals surface area (Å²) in [4.78, 5) is 41.5. The van der Waals surface area contributed by atoms with Gasteiger partial charge in [0.1, 0.15) is 0 Å². The Morgan fingerprint density at radius 1 is 0.840 bits per heavy atom. The van der Waals surface area contributed by atoms with Gasteiger partial charge in [-0.25, -0.2) is 9.59 Å². The molecule has 0 aliphatic carbocycles. The highest BCUT2D eigenvalue weighted by Crippen LogP contribution is 2.09. The Morgan fingerprint density at radius 2 is 1.12 bits per heavy atom. The van der Waals surface area contributed by atoms with Gasteiger partial charge in [-0.05, 0) is 24.3 Å². The molecule has 0 saturated carbocycles. The van der Waals surface area contributed by atoms with Crippen LogP contribution >= 0.6 is 0 Å².